The number of benzene rings is 5. The molecule has 200 valence electrons. The molecule has 0 fully saturated rings. The van der Waals surface area contributed by atoms with Gasteiger partial charge in [-0.3, -0.25) is 0 Å². The quantitative estimate of drug-likeness (QED) is 0.146. The fourth-order valence-corrected chi connectivity index (χ4v) is 9.32. The van der Waals surface area contributed by atoms with Crippen LogP contribution in [0.3, 0.4) is 0 Å². The van der Waals surface area contributed by atoms with E-state index < -0.39 is 5.66 Å². The molecule has 1 spiro atoms. The highest BCUT2D eigenvalue weighted by Gasteiger charge is 2.66. The molecule has 1 unspecified atom stereocenters. The molecule has 8 heterocycles. The van der Waals surface area contributed by atoms with Crippen LogP contribution in [0.1, 0.15) is 11.1 Å². The number of pyridine rings is 3. The van der Waals surface area contributed by atoms with Crippen molar-refractivity contribution in [2.75, 3.05) is 0 Å². The third kappa shape index (κ3) is 1.81. The zero-order valence-electron chi connectivity index (χ0n) is 23.1. The number of para-hydroxylation sites is 4. The molecule has 3 aliphatic rings. The summed E-state index contributed by atoms with van der Waals surface area (Å²) in [6.07, 6.45) is 1.93. The van der Waals surface area contributed by atoms with Gasteiger partial charge in [-0.05, 0) is 66.0 Å². The lowest BCUT2D eigenvalue weighted by Gasteiger charge is -2.31. The standard InChI is InChI=1S/C38H19N5O/c1-3-10-24-20(8-1)22-15-17-29-33-31(22)36-40(24)26-12-5-6-13-27(26)42(36)38(33)34-30(44-29)18-16-23-21-9-2-4-11-25(21)41-28-14-7-19-39-35(28)43(38)37(41)32(23)34/h1-19H/q+2. The van der Waals surface area contributed by atoms with E-state index in [1.807, 2.05) is 6.20 Å². The fourth-order valence-electron chi connectivity index (χ4n) is 9.32. The zero-order chi connectivity index (χ0) is 28.1. The first-order valence-corrected chi connectivity index (χ1v) is 15.1. The minimum absolute atomic E-state index is 0.725. The Hall–Kier alpha value is -6.01. The van der Waals surface area contributed by atoms with Crippen LogP contribution in [0.5, 0.6) is 11.5 Å². The Kier molecular flexibility index (Phi) is 2.99. The lowest BCUT2D eigenvalue weighted by Crippen LogP contribution is -2.72. The molecule has 0 aliphatic carbocycles. The maximum absolute atomic E-state index is 6.93. The van der Waals surface area contributed by atoms with Crippen molar-refractivity contribution >= 4 is 76.8 Å². The Labute approximate surface area is 247 Å². The molecule has 5 aromatic heterocycles. The van der Waals surface area contributed by atoms with Gasteiger partial charge in [0.05, 0.1) is 16.3 Å². The van der Waals surface area contributed by atoms with Crippen LogP contribution in [0, 0.1) is 0 Å². The van der Waals surface area contributed by atoms with Gasteiger partial charge in [-0.25, -0.2) is 4.40 Å². The van der Waals surface area contributed by atoms with Crippen molar-refractivity contribution in [2.45, 2.75) is 5.66 Å². The first-order chi connectivity index (χ1) is 21.9. The number of aromatic nitrogens is 5. The lowest BCUT2D eigenvalue weighted by atomic mass is 9.85. The molecule has 0 bridgehead atoms. The van der Waals surface area contributed by atoms with Crippen molar-refractivity contribution in [1.82, 2.24) is 13.8 Å². The van der Waals surface area contributed by atoms with Crippen molar-refractivity contribution in [2.24, 2.45) is 0 Å². The Morgan fingerprint density at radius 1 is 0.523 bits per heavy atom. The molecule has 44 heavy (non-hydrogen) atoms. The van der Waals surface area contributed by atoms with Gasteiger partial charge in [-0.1, -0.05) is 48.5 Å². The Bertz CT molecular complexity index is 2880. The summed E-state index contributed by atoms with van der Waals surface area (Å²) in [6, 6.07) is 39.6. The third-order valence-corrected chi connectivity index (χ3v) is 10.6. The van der Waals surface area contributed by atoms with E-state index in [2.05, 4.69) is 127 Å². The number of hydrogen-bond acceptors (Lipinski definition) is 2. The number of nitrogens with zero attached hydrogens (tertiary/aromatic N) is 5. The smallest absolute Gasteiger partial charge is 0.306 e. The van der Waals surface area contributed by atoms with E-state index in [4.69, 9.17) is 9.72 Å². The molecule has 0 saturated heterocycles. The SMILES string of the molecule is c1ccc2c(c1)c1ccc3c4c1c1n2c2ccccc2[n+]1C41c2c(ccc4c5ccccc5n5c6cccnc6[n+]1c5c24)O3. The average molecular weight is 562 g/mol. The van der Waals surface area contributed by atoms with Crippen LogP contribution in [0.4, 0.5) is 0 Å². The van der Waals surface area contributed by atoms with Gasteiger partial charge in [0, 0.05) is 16.2 Å². The van der Waals surface area contributed by atoms with E-state index in [0.29, 0.717) is 0 Å². The van der Waals surface area contributed by atoms with E-state index in [0.717, 1.165) is 28.3 Å². The highest BCUT2D eigenvalue weighted by molar-refractivity contribution is 6.19. The number of rotatable bonds is 0. The Balaban J connectivity index is 1.45. The maximum Gasteiger partial charge on any atom is 0.306 e. The van der Waals surface area contributed by atoms with Crippen molar-refractivity contribution in [3.8, 4) is 11.5 Å². The van der Waals surface area contributed by atoms with Gasteiger partial charge in [0.2, 0.25) is 5.65 Å². The molecule has 6 heteroatoms. The highest BCUT2D eigenvalue weighted by Crippen LogP contribution is 2.58. The molecule has 10 aromatic rings. The summed E-state index contributed by atoms with van der Waals surface area (Å²) in [6.45, 7) is 0. The van der Waals surface area contributed by atoms with Gasteiger partial charge < -0.3 is 4.74 Å². The molecule has 0 saturated carbocycles. The van der Waals surface area contributed by atoms with Gasteiger partial charge >= 0.3 is 5.65 Å². The van der Waals surface area contributed by atoms with Crippen LogP contribution < -0.4 is 13.9 Å². The maximum atomic E-state index is 6.93. The number of fused-ring (bicyclic) bond motifs is 12. The minimum atomic E-state index is -0.725. The molecule has 5 aromatic carbocycles. The van der Waals surface area contributed by atoms with Crippen molar-refractivity contribution in [3.05, 3.63) is 127 Å². The fraction of sp³-hybridized carbons (Fsp3) is 0.0263. The Morgan fingerprint density at radius 3 is 1.80 bits per heavy atom. The second kappa shape index (κ2) is 6.33. The molecule has 6 nitrogen and oxygen atoms in total. The normalized spacial score (nSPS) is 17.4. The summed E-state index contributed by atoms with van der Waals surface area (Å²) >= 11 is 0. The summed E-state index contributed by atoms with van der Waals surface area (Å²) in [5.41, 5.74) is 10.9. The molecule has 0 N–H and O–H groups in total. The summed E-state index contributed by atoms with van der Waals surface area (Å²) < 4.78 is 17.0. The predicted octanol–water partition coefficient (Wildman–Crippen LogP) is 7.11. The molecule has 13 rings (SSSR count). The topological polar surface area (TPSA) is 38.7 Å². The molecule has 3 aliphatic heterocycles. The molecular formula is C38H19N5O+2. The van der Waals surface area contributed by atoms with E-state index in [1.54, 1.807) is 0 Å². The van der Waals surface area contributed by atoms with Gasteiger partial charge in [0.1, 0.15) is 34.3 Å². The summed E-state index contributed by atoms with van der Waals surface area (Å²) in [7, 11) is 0. The number of ether oxygens (including phenoxy) is 1. The average Bonchev–Trinajstić information content (AvgIpc) is 3.79. The van der Waals surface area contributed by atoms with E-state index in [9.17, 15) is 0 Å². The number of hydrogen-bond donors (Lipinski definition) is 0. The van der Waals surface area contributed by atoms with Crippen molar-refractivity contribution in [3.63, 3.8) is 0 Å². The predicted molar refractivity (Wildman–Crippen MR) is 170 cm³/mol. The lowest BCUT2D eigenvalue weighted by molar-refractivity contribution is -0.924. The Morgan fingerprint density at radius 2 is 1.09 bits per heavy atom. The molecular weight excluding hydrogens is 542 g/mol. The summed E-state index contributed by atoms with van der Waals surface area (Å²) in [4.78, 5) is 5.16. The van der Waals surface area contributed by atoms with Crippen LogP contribution in [0.2, 0.25) is 0 Å². The largest absolute Gasteiger partial charge is 0.456 e. The van der Waals surface area contributed by atoms with Gasteiger partial charge in [-0.15, -0.1) is 4.98 Å². The van der Waals surface area contributed by atoms with E-state index in [1.165, 1.54) is 71.2 Å². The second-order valence-electron chi connectivity index (χ2n) is 12.4. The number of imidazole rings is 2. The zero-order valence-corrected chi connectivity index (χ0v) is 23.1. The van der Waals surface area contributed by atoms with Gasteiger partial charge in [0.25, 0.3) is 11.3 Å². The van der Waals surface area contributed by atoms with Crippen molar-refractivity contribution in [1.29, 1.82) is 0 Å². The van der Waals surface area contributed by atoms with E-state index in [-0.39, 0.29) is 0 Å². The molecule has 1 atom stereocenters. The third-order valence-electron chi connectivity index (χ3n) is 10.6. The minimum Gasteiger partial charge on any atom is -0.456 e. The van der Waals surface area contributed by atoms with Crippen molar-refractivity contribution < 1.29 is 13.9 Å². The van der Waals surface area contributed by atoms with E-state index >= 15 is 0 Å². The first kappa shape index (κ1) is 20.8. The summed E-state index contributed by atoms with van der Waals surface area (Å²) in [5, 5.41) is 7.42. The molecule has 0 radical (unpaired) electrons. The van der Waals surface area contributed by atoms with Crippen LogP contribution in [-0.2, 0) is 5.66 Å². The van der Waals surface area contributed by atoms with Gasteiger partial charge in [0.15, 0.2) is 16.6 Å². The first-order valence-electron chi connectivity index (χ1n) is 15.1. The van der Waals surface area contributed by atoms with Crippen LogP contribution >= 0.6 is 0 Å². The monoisotopic (exact) mass is 561 g/mol. The highest BCUT2D eigenvalue weighted by atomic mass is 16.5. The second-order valence-corrected chi connectivity index (χ2v) is 12.4. The summed E-state index contributed by atoms with van der Waals surface area (Å²) in [5.74, 6) is 1.81. The van der Waals surface area contributed by atoms with Crippen LogP contribution in [0.15, 0.2) is 115 Å². The van der Waals surface area contributed by atoms with Crippen LogP contribution in [-0.4, -0.2) is 13.8 Å². The van der Waals surface area contributed by atoms with Crippen LogP contribution in [0.25, 0.3) is 76.8 Å². The molecule has 0 amide bonds. The van der Waals surface area contributed by atoms with Gasteiger partial charge in [-0.2, -0.15) is 13.5 Å².